The highest BCUT2D eigenvalue weighted by Crippen LogP contribution is 2.31. The van der Waals surface area contributed by atoms with Gasteiger partial charge in [-0.25, -0.2) is 4.79 Å². The summed E-state index contributed by atoms with van der Waals surface area (Å²) in [4.78, 5) is 14.8. The number of carboxylic acids is 1. The number of halogens is 1. The van der Waals surface area contributed by atoms with Crippen LogP contribution in [-0.2, 0) is 0 Å². The highest BCUT2D eigenvalue weighted by molar-refractivity contribution is 6.32. The topological polar surface area (TPSA) is 59.4 Å². The summed E-state index contributed by atoms with van der Waals surface area (Å²) in [6, 6.07) is 6.78. The number of carboxylic acid groups (broad SMARTS) is 1. The third kappa shape index (κ3) is 2.60. The van der Waals surface area contributed by atoms with Gasteiger partial charge in [0.05, 0.1) is 5.02 Å². The molecule has 18 heavy (non-hydrogen) atoms. The van der Waals surface area contributed by atoms with Crippen LogP contribution in [0.3, 0.4) is 0 Å². The van der Waals surface area contributed by atoms with Gasteiger partial charge in [0.25, 0.3) is 0 Å². The van der Waals surface area contributed by atoms with Crippen molar-refractivity contribution in [1.82, 2.24) is 4.98 Å². The van der Waals surface area contributed by atoms with E-state index in [9.17, 15) is 4.79 Å². The maximum atomic E-state index is 11.0. The average molecular weight is 264 g/mol. The summed E-state index contributed by atoms with van der Waals surface area (Å²) in [5, 5.41) is 9.44. The van der Waals surface area contributed by atoms with Crippen LogP contribution in [0.5, 0.6) is 11.5 Å². The molecule has 0 saturated carbocycles. The number of carbonyl (C=O) groups is 1. The molecule has 0 aliphatic heterocycles. The lowest BCUT2D eigenvalue weighted by Gasteiger charge is -2.10. The van der Waals surface area contributed by atoms with E-state index < -0.39 is 5.97 Å². The molecule has 0 aliphatic rings. The fraction of sp³-hybridized carbons (Fsp3) is 0.0769. The third-order valence-electron chi connectivity index (χ3n) is 2.32. The lowest BCUT2D eigenvalue weighted by atomic mass is 10.2. The zero-order chi connectivity index (χ0) is 13.1. The molecular formula is C13H10ClNO3. The van der Waals surface area contributed by atoms with Gasteiger partial charge in [-0.15, -0.1) is 0 Å². The van der Waals surface area contributed by atoms with Crippen molar-refractivity contribution in [3.05, 3.63) is 52.8 Å². The minimum Gasteiger partial charge on any atom is -0.477 e. The zero-order valence-electron chi connectivity index (χ0n) is 9.55. The Morgan fingerprint density at radius 2 is 2.11 bits per heavy atom. The molecule has 0 fully saturated rings. The second kappa shape index (κ2) is 5.06. The minimum atomic E-state index is -1.10. The molecule has 0 amide bonds. The van der Waals surface area contributed by atoms with Gasteiger partial charge in [-0.05, 0) is 24.6 Å². The summed E-state index contributed by atoms with van der Waals surface area (Å²) in [7, 11) is 0. The van der Waals surface area contributed by atoms with Gasteiger partial charge in [0.1, 0.15) is 17.1 Å². The molecule has 5 heteroatoms. The number of nitrogens with zero attached hydrogens (tertiary/aromatic N) is 1. The number of benzene rings is 1. The molecule has 2 rings (SSSR count). The summed E-state index contributed by atoms with van der Waals surface area (Å²) in [6.45, 7) is 1.90. The molecular weight excluding hydrogens is 254 g/mol. The van der Waals surface area contributed by atoms with Gasteiger partial charge in [-0.2, -0.15) is 0 Å². The number of aromatic nitrogens is 1. The second-order valence-corrected chi connectivity index (χ2v) is 4.12. The second-order valence-electron chi connectivity index (χ2n) is 3.71. The summed E-state index contributed by atoms with van der Waals surface area (Å²) in [5.41, 5.74) is 0.968. The maximum Gasteiger partial charge on any atom is 0.341 e. The van der Waals surface area contributed by atoms with Gasteiger partial charge < -0.3 is 9.84 Å². The van der Waals surface area contributed by atoms with E-state index in [2.05, 4.69) is 4.98 Å². The minimum absolute atomic E-state index is 0.00456. The van der Waals surface area contributed by atoms with E-state index in [1.54, 1.807) is 12.1 Å². The van der Waals surface area contributed by atoms with Crippen molar-refractivity contribution in [1.29, 1.82) is 0 Å². The van der Waals surface area contributed by atoms with Gasteiger partial charge in [-0.1, -0.05) is 17.7 Å². The standard InChI is InChI=1S/C13H10ClNO3/c1-8-2-3-10(14)12(6-8)18-11-4-5-15-7-9(11)13(16)17/h2-7H,1H3,(H,16,17). The Labute approximate surface area is 109 Å². The highest BCUT2D eigenvalue weighted by Gasteiger charge is 2.13. The Balaban J connectivity index is 2.40. The summed E-state index contributed by atoms with van der Waals surface area (Å²) < 4.78 is 5.53. The number of aryl methyl sites for hydroxylation is 1. The van der Waals surface area contributed by atoms with Crippen LogP contribution in [0, 0.1) is 6.92 Å². The van der Waals surface area contributed by atoms with Gasteiger partial charge >= 0.3 is 5.97 Å². The van der Waals surface area contributed by atoms with E-state index in [1.807, 2.05) is 13.0 Å². The van der Waals surface area contributed by atoms with E-state index in [1.165, 1.54) is 18.5 Å². The Hall–Kier alpha value is -2.07. The van der Waals surface area contributed by atoms with Crippen LogP contribution < -0.4 is 4.74 Å². The van der Waals surface area contributed by atoms with Crippen molar-refractivity contribution in [2.75, 3.05) is 0 Å². The number of aromatic carboxylic acids is 1. The number of ether oxygens (including phenoxy) is 1. The Morgan fingerprint density at radius 3 is 2.83 bits per heavy atom. The van der Waals surface area contributed by atoms with Gasteiger partial charge in [-0.3, -0.25) is 4.98 Å². The van der Waals surface area contributed by atoms with E-state index in [0.717, 1.165) is 5.56 Å². The van der Waals surface area contributed by atoms with Crippen molar-refractivity contribution < 1.29 is 14.6 Å². The molecule has 0 bridgehead atoms. The van der Waals surface area contributed by atoms with E-state index in [0.29, 0.717) is 10.8 Å². The maximum absolute atomic E-state index is 11.0. The average Bonchev–Trinajstić information content (AvgIpc) is 2.34. The normalized spacial score (nSPS) is 10.1. The van der Waals surface area contributed by atoms with Gasteiger partial charge in [0.15, 0.2) is 0 Å². The summed E-state index contributed by atoms with van der Waals surface area (Å²) in [5.74, 6) is -0.461. The molecule has 1 aromatic heterocycles. The first-order chi connectivity index (χ1) is 8.58. The highest BCUT2D eigenvalue weighted by atomic mass is 35.5. The lowest BCUT2D eigenvalue weighted by Crippen LogP contribution is -2.00. The quantitative estimate of drug-likeness (QED) is 0.920. The first-order valence-electron chi connectivity index (χ1n) is 5.19. The SMILES string of the molecule is Cc1ccc(Cl)c(Oc2ccncc2C(=O)O)c1. The van der Waals surface area contributed by atoms with Crippen molar-refractivity contribution in [3.63, 3.8) is 0 Å². The van der Waals surface area contributed by atoms with Crippen LogP contribution in [0.1, 0.15) is 15.9 Å². The summed E-state index contributed by atoms with van der Waals surface area (Å²) >= 11 is 5.99. The monoisotopic (exact) mass is 263 g/mol. The number of hydrogen-bond acceptors (Lipinski definition) is 3. The number of hydrogen-bond donors (Lipinski definition) is 1. The molecule has 0 radical (unpaired) electrons. The molecule has 1 aromatic carbocycles. The van der Waals surface area contributed by atoms with E-state index >= 15 is 0 Å². The summed E-state index contributed by atoms with van der Waals surface area (Å²) in [6.07, 6.45) is 2.70. The van der Waals surface area contributed by atoms with Crippen LogP contribution in [-0.4, -0.2) is 16.1 Å². The largest absolute Gasteiger partial charge is 0.477 e. The van der Waals surface area contributed by atoms with Crippen LogP contribution >= 0.6 is 11.6 Å². The fourth-order valence-electron chi connectivity index (χ4n) is 1.44. The van der Waals surface area contributed by atoms with Gasteiger partial charge in [0, 0.05) is 18.5 Å². The molecule has 1 heterocycles. The first kappa shape index (κ1) is 12.4. The van der Waals surface area contributed by atoms with Crippen LogP contribution in [0.25, 0.3) is 0 Å². The molecule has 1 N–H and O–H groups in total. The number of pyridine rings is 1. The molecule has 92 valence electrons. The third-order valence-corrected chi connectivity index (χ3v) is 2.63. The molecule has 4 nitrogen and oxygen atoms in total. The molecule has 0 atom stereocenters. The lowest BCUT2D eigenvalue weighted by molar-refractivity contribution is 0.0693. The molecule has 0 spiro atoms. The van der Waals surface area contributed by atoms with Crippen molar-refractivity contribution >= 4 is 17.6 Å². The van der Waals surface area contributed by atoms with E-state index in [4.69, 9.17) is 21.4 Å². The van der Waals surface area contributed by atoms with Crippen LogP contribution in [0.2, 0.25) is 5.02 Å². The number of rotatable bonds is 3. The van der Waals surface area contributed by atoms with Crippen LogP contribution in [0.4, 0.5) is 0 Å². The Morgan fingerprint density at radius 1 is 1.33 bits per heavy atom. The fourth-order valence-corrected chi connectivity index (χ4v) is 1.59. The molecule has 0 unspecified atom stereocenters. The van der Waals surface area contributed by atoms with Crippen molar-refractivity contribution in [2.24, 2.45) is 0 Å². The van der Waals surface area contributed by atoms with Gasteiger partial charge in [0.2, 0.25) is 0 Å². The van der Waals surface area contributed by atoms with E-state index in [-0.39, 0.29) is 11.3 Å². The molecule has 0 aliphatic carbocycles. The molecule has 2 aromatic rings. The smallest absolute Gasteiger partial charge is 0.341 e. The predicted octanol–water partition coefficient (Wildman–Crippen LogP) is 3.53. The first-order valence-corrected chi connectivity index (χ1v) is 5.57. The van der Waals surface area contributed by atoms with Crippen molar-refractivity contribution in [3.8, 4) is 11.5 Å². The predicted molar refractivity (Wildman–Crippen MR) is 67.5 cm³/mol. The van der Waals surface area contributed by atoms with Crippen LogP contribution in [0.15, 0.2) is 36.7 Å². The Bertz CT molecular complexity index is 599. The zero-order valence-corrected chi connectivity index (χ0v) is 10.3. The Kier molecular flexibility index (Phi) is 3.48. The molecule has 0 saturated heterocycles. The van der Waals surface area contributed by atoms with Crippen molar-refractivity contribution in [2.45, 2.75) is 6.92 Å².